The fraction of sp³-hybridized carbons (Fsp3) is 0.333. The summed E-state index contributed by atoms with van der Waals surface area (Å²) in [5, 5.41) is 15.9. The highest BCUT2D eigenvalue weighted by Crippen LogP contribution is 2.43. The van der Waals surface area contributed by atoms with Gasteiger partial charge in [-0.25, -0.2) is 18.4 Å². The zero-order valence-electron chi connectivity index (χ0n) is 22.5. The van der Waals surface area contributed by atoms with Crippen molar-refractivity contribution in [2.45, 2.75) is 44.1 Å². The third kappa shape index (κ3) is 4.31. The molecule has 0 saturated heterocycles. The Bertz CT molecular complexity index is 1780. The number of amides is 2. The molecule has 9 nitrogen and oxygen atoms in total. The van der Waals surface area contributed by atoms with Crippen molar-refractivity contribution in [3.8, 4) is 11.4 Å². The number of H-pyrrole nitrogens is 1. The van der Waals surface area contributed by atoms with Gasteiger partial charge in [-0.2, -0.15) is 5.10 Å². The van der Waals surface area contributed by atoms with E-state index in [1.807, 2.05) is 18.2 Å². The number of aromatic nitrogens is 4. The van der Waals surface area contributed by atoms with E-state index in [-0.39, 0.29) is 35.2 Å². The third-order valence-electron chi connectivity index (χ3n) is 8.48. The maximum atomic E-state index is 14.2. The van der Waals surface area contributed by atoms with Crippen LogP contribution in [0, 0.1) is 0 Å². The second kappa shape index (κ2) is 10.0. The molecule has 12 heteroatoms. The van der Waals surface area contributed by atoms with Gasteiger partial charge in [0, 0.05) is 42.5 Å². The normalized spacial score (nSPS) is 18.3. The Morgan fingerprint density at radius 3 is 2.69 bits per heavy atom. The highest BCUT2D eigenvalue weighted by molar-refractivity contribution is 9.10. The lowest BCUT2D eigenvalue weighted by Crippen LogP contribution is -2.45. The summed E-state index contributed by atoms with van der Waals surface area (Å²) in [5.74, 6) is -0.497. The molecule has 1 fully saturated rings. The topological polar surface area (TPSA) is 107 Å². The van der Waals surface area contributed by atoms with Crippen LogP contribution in [0.5, 0.6) is 5.75 Å². The van der Waals surface area contributed by atoms with Gasteiger partial charge in [-0.15, -0.1) is 0 Å². The van der Waals surface area contributed by atoms with Gasteiger partial charge in [-0.1, -0.05) is 12.6 Å². The van der Waals surface area contributed by atoms with E-state index in [1.165, 1.54) is 6.08 Å². The van der Waals surface area contributed by atoms with Crippen LogP contribution in [0.4, 0.5) is 8.78 Å². The molecule has 1 aliphatic carbocycles. The smallest absolute Gasteiger partial charge is 0.295 e. The summed E-state index contributed by atoms with van der Waals surface area (Å²) in [7, 11) is 0. The van der Waals surface area contributed by atoms with E-state index in [9.17, 15) is 23.5 Å². The molecule has 1 atom stereocenters. The number of carbonyl (C=O) groups is 2. The summed E-state index contributed by atoms with van der Waals surface area (Å²) in [6.45, 7) is 4.54. The van der Waals surface area contributed by atoms with E-state index in [0.29, 0.717) is 47.5 Å². The van der Waals surface area contributed by atoms with E-state index in [2.05, 4.69) is 32.5 Å². The number of aromatic hydroxyl groups is 1. The number of hydrogen-bond acceptors (Lipinski definition) is 5. The van der Waals surface area contributed by atoms with Crippen LogP contribution in [0.2, 0.25) is 0 Å². The summed E-state index contributed by atoms with van der Waals surface area (Å²) >= 11 is 3.37. The molecule has 2 aliphatic heterocycles. The standard InChI is InChI=1S/C30H27BrF2N6O3/c1-2-24(41)37-11-9-19-25-21(39(36-19)20-8-5-16(13-23(20)40)15-3-4-15)10-12-38(22(25)14-37)30(42)17-6-7-18(31)27-26(17)34-29(35-27)28(32)33/h2,5-8,13,15,22,28,40H,1,3-4,9-12,14H2,(H,34,35). The number of phenols is 1. The summed E-state index contributed by atoms with van der Waals surface area (Å²) < 4.78 is 29.3. The number of carbonyl (C=O) groups excluding carboxylic acids is 2. The first-order chi connectivity index (χ1) is 20.2. The molecule has 1 saturated carbocycles. The van der Waals surface area contributed by atoms with E-state index in [0.717, 1.165) is 35.4 Å². The number of phenolic OH excluding ortho intramolecular Hbond substituents is 1. The molecule has 0 radical (unpaired) electrons. The number of halogens is 3. The molecule has 0 spiro atoms. The Morgan fingerprint density at radius 2 is 1.98 bits per heavy atom. The molecule has 2 amide bonds. The Labute approximate surface area is 248 Å². The maximum absolute atomic E-state index is 14.2. The van der Waals surface area contributed by atoms with Gasteiger partial charge in [0.05, 0.1) is 28.5 Å². The minimum absolute atomic E-state index is 0.150. The Balaban J connectivity index is 1.32. The molecule has 2 aromatic carbocycles. The average molecular weight is 637 g/mol. The predicted molar refractivity (Wildman–Crippen MR) is 154 cm³/mol. The first-order valence-corrected chi connectivity index (χ1v) is 14.7. The lowest BCUT2D eigenvalue weighted by atomic mass is 9.94. The summed E-state index contributed by atoms with van der Waals surface area (Å²) in [6.07, 6.45) is 1.59. The van der Waals surface area contributed by atoms with Crippen molar-refractivity contribution in [3.63, 3.8) is 0 Å². The number of rotatable bonds is 5. The Hall–Kier alpha value is -4.06. The molecule has 1 unspecified atom stereocenters. The van der Waals surface area contributed by atoms with Crippen molar-refractivity contribution in [2.24, 2.45) is 0 Å². The average Bonchev–Trinajstić information content (AvgIpc) is 3.67. The number of imidazole rings is 1. The van der Waals surface area contributed by atoms with Crippen LogP contribution < -0.4 is 0 Å². The van der Waals surface area contributed by atoms with E-state index in [1.54, 1.807) is 26.6 Å². The van der Waals surface area contributed by atoms with Crippen molar-refractivity contribution < 1.29 is 23.5 Å². The molecular weight excluding hydrogens is 610 g/mol. The highest BCUT2D eigenvalue weighted by atomic mass is 79.9. The van der Waals surface area contributed by atoms with Crippen LogP contribution in [0.1, 0.15) is 69.9 Å². The predicted octanol–water partition coefficient (Wildman–Crippen LogP) is 5.34. The van der Waals surface area contributed by atoms with Gasteiger partial charge in [0.2, 0.25) is 5.91 Å². The number of hydrogen-bond donors (Lipinski definition) is 2. The monoisotopic (exact) mass is 636 g/mol. The molecule has 42 heavy (non-hydrogen) atoms. The number of fused-ring (bicyclic) bond motifs is 1. The van der Waals surface area contributed by atoms with Crippen molar-refractivity contribution >= 4 is 38.8 Å². The van der Waals surface area contributed by atoms with Gasteiger partial charge >= 0.3 is 0 Å². The van der Waals surface area contributed by atoms with Gasteiger partial charge in [0.1, 0.15) is 17.0 Å². The number of aromatic amines is 1. The second-order valence-electron chi connectivity index (χ2n) is 11.0. The summed E-state index contributed by atoms with van der Waals surface area (Å²) in [4.78, 5) is 37.0. The fourth-order valence-corrected chi connectivity index (χ4v) is 6.68. The van der Waals surface area contributed by atoms with Crippen molar-refractivity contribution in [3.05, 3.63) is 81.4 Å². The maximum Gasteiger partial charge on any atom is 0.295 e. The van der Waals surface area contributed by atoms with Gasteiger partial charge < -0.3 is 19.9 Å². The fourth-order valence-electron chi connectivity index (χ4n) is 6.26. The van der Waals surface area contributed by atoms with E-state index < -0.39 is 18.3 Å². The van der Waals surface area contributed by atoms with Crippen LogP contribution >= 0.6 is 15.9 Å². The Morgan fingerprint density at radius 1 is 1.17 bits per heavy atom. The zero-order valence-corrected chi connectivity index (χ0v) is 24.1. The number of benzene rings is 2. The quantitative estimate of drug-likeness (QED) is 0.288. The van der Waals surface area contributed by atoms with Crippen LogP contribution in [0.3, 0.4) is 0 Å². The molecule has 216 valence electrons. The number of nitrogens with one attached hydrogen (secondary N) is 1. The van der Waals surface area contributed by atoms with Crippen LogP contribution in [-0.2, 0) is 17.6 Å². The molecule has 3 aliphatic rings. The molecule has 7 rings (SSSR count). The van der Waals surface area contributed by atoms with Crippen LogP contribution in [0.25, 0.3) is 16.7 Å². The lowest BCUT2D eigenvalue weighted by Gasteiger charge is -2.38. The Kier molecular flexibility index (Phi) is 6.41. The van der Waals surface area contributed by atoms with Crippen LogP contribution in [0.15, 0.2) is 47.5 Å². The van der Waals surface area contributed by atoms with E-state index in [4.69, 9.17) is 5.10 Å². The van der Waals surface area contributed by atoms with Gasteiger partial charge in [-0.05, 0) is 70.6 Å². The van der Waals surface area contributed by atoms with Crippen LogP contribution in [-0.4, -0.2) is 66.1 Å². The molecule has 4 aromatic rings. The summed E-state index contributed by atoms with van der Waals surface area (Å²) in [6, 6.07) is 8.40. The van der Waals surface area contributed by atoms with E-state index >= 15 is 0 Å². The van der Waals surface area contributed by atoms with Crippen molar-refractivity contribution in [2.75, 3.05) is 19.6 Å². The molecule has 0 bridgehead atoms. The zero-order chi connectivity index (χ0) is 29.3. The van der Waals surface area contributed by atoms with Crippen molar-refractivity contribution in [1.82, 2.24) is 29.5 Å². The second-order valence-corrected chi connectivity index (χ2v) is 11.8. The first kappa shape index (κ1) is 26.8. The third-order valence-corrected chi connectivity index (χ3v) is 9.14. The lowest BCUT2D eigenvalue weighted by molar-refractivity contribution is -0.126. The largest absolute Gasteiger partial charge is 0.506 e. The van der Waals surface area contributed by atoms with Crippen molar-refractivity contribution in [1.29, 1.82) is 0 Å². The summed E-state index contributed by atoms with van der Waals surface area (Å²) in [5.41, 5.74) is 4.82. The minimum Gasteiger partial charge on any atom is -0.506 e. The number of nitrogens with zero attached hydrogens (tertiary/aromatic N) is 5. The molecule has 2 aromatic heterocycles. The molecule has 4 heterocycles. The van der Waals surface area contributed by atoms with Gasteiger partial charge in [0.25, 0.3) is 12.3 Å². The minimum atomic E-state index is -2.83. The number of alkyl halides is 2. The van der Waals surface area contributed by atoms with Gasteiger partial charge in [0.15, 0.2) is 5.82 Å². The highest BCUT2D eigenvalue weighted by Gasteiger charge is 2.41. The first-order valence-electron chi connectivity index (χ1n) is 13.9. The molecule has 2 N–H and O–H groups in total. The van der Waals surface area contributed by atoms with Gasteiger partial charge in [-0.3, -0.25) is 9.59 Å². The SMILES string of the molecule is C=CC(=O)N1CCc2nn(-c3ccc(C4CC4)cc3O)c3c2C(C1)N(C(=O)c1ccc(Br)c2[nH]c(C(F)F)nc12)CC3. The molecular formula is C30H27BrF2N6O3.